The van der Waals surface area contributed by atoms with Gasteiger partial charge in [-0.15, -0.1) is 0 Å². The number of nitrogens with zero attached hydrogens (tertiary/aromatic N) is 1. The summed E-state index contributed by atoms with van der Waals surface area (Å²) in [5, 5.41) is 0. The Morgan fingerprint density at radius 1 is 1.21 bits per heavy atom. The summed E-state index contributed by atoms with van der Waals surface area (Å²) >= 11 is 3.53. The first-order valence-electron chi connectivity index (χ1n) is 6.05. The lowest BCUT2D eigenvalue weighted by atomic mass is 10.1. The smallest absolute Gasteiger partial charge is 0.146 e. The molecule has 0 saturated carbocycles. The van der Waals surface area contributed by atoms with E-state index in [9.17, 15) is 4.39 Å². The Morgan fingerprint density at radius 2 is 1.95 bits per heavy atom. The van der Waals surface area contributed by atoms with Crippen LogP contribution in [0.3, 0.4) is 0 Å². The van der Waals surface area contributed by atoms with Gasteiger partial charge >= 0.3 is 0 Å². The molecule has 2 rings (SSSR count). The molecule has 0 spiro atoms. The highest BCUT2D eigenvalue weighted by Gasteiger charge is 2.09. The fourth-order valence-corrected chi connectivity index (χ4v) is 2.50. The van der Waals surface area contributed by atoms with Gasteiger partial charge < -0.3 is 10.6 Å². The Kier molecular flexibility index (Phi) is 4.56. The topological polar surface area (TPSA) is 29.3 Å². The van der Waals surface area contributed by atoms with Crippen LogP contribution in [0.5, 0.6) is 0 Å². The number of benzene rings is 2. The van der Waals surface area contributed by atoms with Crippen molar-refractivity contribution in [3.8, 4) is 0 Å². The average molecular weight is 323 g/mol. The molecule has 0 aliphatic carbocycles. The molecule has 0 atom stereocenters. The van der Waals surface area contributed by atoms with Gasteiger partial charge in [0.25, 0.3) is 0 Å². The van der Waals surface area contributed by atoms with Crippen LogP contribution in [0.15, 0.2) is 46.9 Å². The molecule has 0 saturated heterocycles. The van der Waals surface area contributed by atoms with Crippen molar-refractivity contribution in [2.24, 2.45) is 5.73 Å². The molecule has 0 unspecified atom stereocenters. The van der Waals surface area contributed by atoms with Gasteiger partial charge in [-0.3, -0.25) is 0 Å². The summed E-state index contributed by atoms with van der Waals surface area (Å²) in [6.45, 7) is 1.15. The second-order valence-corrected chi connectivity index (χ2v) is 5.29. The zero-order valence-electron chi connectivity index (χ0n) is 10.7. The third kappa shape index (κ3) is 3.33. The van der Waals surface area contributed by atoms with Crippen LogP contribution in [0.2, 0.25) is 0 Å². The van der Waals surface area contributed by atoms with Gasteiger partial charge in [-0.05, 0) is 29.3 Å². The summed E-state index contributed by atoms with van der Waals surface area (Å²) in [4.78, 5) is 1.89. The molecule has 0 fully saturated rings. The number of rotatable bonds is 4. The zero-order valence-corrected chi connectivity index (χ0v) is 12.3. The Bertz CT molecular complexity index is 572. The largest absolute Gasteiger partial charge is 0.368 e. The van der Waals surface area contributed by atoms with Crippen LogP contribution >= 0.6 is 15.9 Å². The highest BCUT2D eigenvalue weighted by atomic mass is 79.9. The number of hydrogen-bond donors (Lipinski definition) is 1. The van der Waals surface area contributed by atoms with Crippen molar-refractivity contribution < 1.29 is 4.39 Å². The molecule has 0 amide bonds. The summed E-state index contributed by atoms with van der Waals surface area (Å²) < 4.78 is 14.7. The first kappa shape index (κ1) is 14.0. The minimum atomic E-state index is -0.209. The van der Waals surface area contributed by atoms with Crippen molar-refractivity contribution in [2.45, 2.75) is 13.1 Å². The van der Waals surface area contributed by atoms with E-state index in [2.05, 4.69) is 15.9 Å². The Labute approximate surface area is 121 Å². The lowest BCUT2D eigenvalue weighted by Gasteiger charge is -2.21. The normalized spacial score (nSPS) is 10.5. The van der Waals surface area contributed by atoms with Gasteiger partial charge in [-0.1, -0.05) is 40.2 Å². The molecule has 2 aromatic rings. The zero-order chi connectivity index (χ0) is 13.8. The van der Waals surface area contributed by atoms with Crippen molar-refractivity contribution in [3.63, 3.8) is 0 Å². The van der Waals surface area contributed by atoms with Gasteiger partial charge in [0, 0.05) is 24.6 Å². The molecule has 2 nitrogen and oxygen atoms in total. The van der Waals surface area contributed by atoms with E-state index in [0.717, 1.165) is 15.6 Å². The summed E-state index contributed by atoms with van der Waals surface area (Å²) in [7, 11) is 1.88. The van der Waals surface area contributed by atoms with Gasteiger partial charge in [-0.2, -0.15) is 0 Å². The van der Waals surface area contributed by atoms with Crippen molar-refractivity contribution >= 4 is 21.6 Å². The summed E-state index contributed by atoms with van der Waals surface area (Å²) in [5.74, 6) is -0.209. The third-order valence-electron chi connectivity index (χ3n) is 3.02. The minimum absolute atomic E-state index is 0.209. The van der Waals surface area contributed by atoms with E-state index in [4.69, 9.17) is 5.73 Å². The van der Waals surface area contributed by atoms with Crippen molar-refractivity contribution in [1.82, 2.24) is 0 Å². The van der Waals surface area contributed by atoms with Crippen molar-refractivity contribution in [2.75, 3.05) is 11.9 Å². The van der Waals surface area contributed by atoms with Crippen LogP contribution in [0.1, 0.15) is 11.1 Å². The van der Waals surface area contributed by atoms with Gasteiger partial charge in [0.1, 0.15) is 5.82 Å². The predicted octanol–water partition coefficient (Wildman–Crippen LogP) is 3.68. The second kappa shape index (κ2) is 6.17. The molecule has 19 heavy (non-hydrogen) atoms. The Balaban J connectivity index is 2.19. The summed E-state index contributed by atoms with van der Waals surface area (Å²) in [6.07, 6.45) is 0. The van der Waals surface area contributed by atoms with E-state index < -0.39 is 0 Å². The molecule has 0 aliphatic heterocycles. The maximum absolute atomic E-state index is 13.7. The quantitative estimate of drug-likeness (QED) is 0.930. The second-order valence-electron chi connectivity index (χ2n) is 4.44. The minimum Gasteiger partial charge on any atom is -0.368 e. The highest BCUT2D eigenvalue weighted by Crippen LogP contribution is 2.24. The molecule has 0 aliphatic rings. The molecular formula is C15H16BrFN2. The van der Waals surface area contributed by atoms with E-state index >= 15 is 0 Å². The third-order valence-corrected chi connectivity index (χ3v) is 3.76. The van der Waals surface area contributed by atoms with Gasteiger partial charge in [-0.25, -0.2) is 4.39 Å². The van der Waals surface area contributed by atoms with E-state index in [1.165, 1.54) is 6.07 Å². The number of anilines is 1. The molecule has 100 valence electrons. The Morgan fingerprint density at radius 3 is 2.58 bits per heavy atom. The van der Waals surface area contributed by atoms with Crippen LogP contribution < -0.4 is 10.6 Å². The monoisotopic (exact) mass is 322 g/mol. The molecule has 2 N–H and O–H groups in total. The fraction of sp³-hybridized carbons (Fsp3) is 0.200. The van der Waals surface area contributed by atoms with Crippen LogP contribution in [0, 0.1) is 5.82 Å². The lowest BCUT2D eigenvalue weighted by molar-refractivity contribution is 0.622. The molecule has 0 radical (unpaired) electrons. The number of para-hydroxylation sites is 1. The predicted molar refractivity (Wildman–Crippen MR) is 80.5 cm³/mol. The van der Waals surface area contributed by atoms with Crippen LogP contribution in [-0.4, -0.2) is 7.05 Å². The van der Waals surface area contributed by atoms with Crippen LogP contribution in [-0.2, 0) is 13.1 Å². The molecule has 0 heterocycles. The number of hydrogen-bond acceptors (Lipinski definition) is 2. The first-order chi connectivity index (χ1) is 9.11. The van der Waals surface area contributed by atoms with E-state index in [0.29, 0.717) is 18.8 Å². The van der Waals surface area contributed by atoms with Gasteiger partial charge in [0.15, 0.2) is 0 Å². The SMILES string of the molecule is CN(Cc1ccc(CN)cc1Br)c1ccccc1F. The van der Waals surface area contributed by atoms with E-state index in [1.807, 2.05) is 36.2 Å². The Hall–Kier alpha value is -1.39. The standard InChI is InChI=1S/C15H16BrFN2/c1-19(15-5-3-2-4-14(15)17)10-12-7-6-11(9-18)8-13(12)16/h2-8H,9-10,18H2,1H3. The molecule has 0 bridgehead atoms. The number of nitrogens with two attached hydrogens (primary N) is 1. The molecule has 2 aromatic carbocycles. The average Bonchev–Trinajstić information content (AvgIpc) is 2.41. The van der Waals surface area contributed by atoms with E-state index in [1.54, 1.807) is 12.1 Å². The number of halogens is 2. The van der Waals surface area contributed by atoms with Gasteiger partial charge in [0.2, 0.25) is 0 Å². The maximum atomic E-state index is 13.7. The van der Waals surface area contributed by atoms with E-state index in [-0.39, 0.29) is 5.82 Å². The molecule has 0 aromatic heterocycles. The van der Waals surface area contributed by atoms with Gasteiger partial charge in [0.05, 0.1) is 5.69 Å². The van der Waals surface area contributed by atoms with Crippen LogP contribution in [0.4, 0.5) is 10.1 Å². The lowest BCUT2D eigenvalue weighted by Crippen LogP contribution is -2.18. The summed E-state index contributed by atoms with van der Waals surface area (Å²) in [5.41, 5.74) is 8.37. The van der Waals surface area contributed by atoms with Crippen LogP contribution in [0.25, 0.3) is 0 Å². The molecular weight excluding hydrogens is 307 g/mol. The summed E-state index contributed by atoms with van der Waals surface area (Å²) in [6, 6.07) is 12.8. The highest BCUT2D eigenvalue weighted by molar-refractivity contribution is 9.10. The maximum Gasteiger partial charge on any atom is 0.146 e. The van der Waals surface area contributed by atoms with Crippen molar-refractivity contribution in [1.29, 1.82) is 0 Å². The first-order valence-corrected chi connectivity index (χ1v) is 6.84. The fourth-order valence-electron chi connectivity index (χ4n) is 1.95. The van der Waals surface area contributed by atoms with Crippen molar-refractivity contribution in [3.05, 3.63) is 63.9 Å². The molecule has 4 heteroatoms.